The van der Waals surface area contributed by atoms with E-state index in [0.717, 1.165) is 28.0 Å². The van der Waals surface area contributed by atoms with E-state index in [0.29, 0.717) is 17.9 Å². The lowest BCUT2D eigenvalue weighted by atomic mass is 9.97. The second-order valence-corrected chi connectivity index (χ2v) is 10.5. The number of carbonyl (C=O) groups is 3. The van der Waals surface area contributed by atoms with Crippen LogP contribution in [0.15, 0.2) is 103 Å². The molecule has 212 valence electrons. The summed E-state index contributed by atoms with van der Waals surface area (Å²) >= 11 is 1.37. The minimum absolute atomic E-state index is 0.0654. The van der Waals surface area contributed by atoms with E-state index in [1.54, 1.807) is 13.2 Å². The molecule has 2 amide bonds. The number of nitrogens with one attached hydrogen (secondary N) is 1. The third-order valence-corrected chi connectivity index (χ3v) is 7.99. The highest BCUT2D eigenvalue weighted by atomic mass is 32.2. The Balaban J connectivity index is 1.45. The van der Waals surface area contributed by atoms with Crippen molar-refractivity contribution in [3.05, 3.63) is 126 Å². The van der Waals surface area contributed by atoms with Crippen molar-refractivity contribution in [3.8, 4) is 5.75 Å². The minimum Gasteiger partial charge on any atom is -0.497 e. The number of esters is 1. The topological polar surface area (TPSA) is 97.8 Å². The van der Waals surface area contributed by atoms with Crippen LogP contribution in [-0.2, 0) is 20.9 Å². The van der Waals surface area contributed by atoms with E-state index in [1.165, 1.54) is 31.1 Å². The number of benzene rings is 3. The van der Waals surface area contributed by atoms with E-state index in [2.05, 4.69) is 10.3 Å². The number of thioether (sulfide) groups is 1. The molecule has 9 heteroatoms. The third-order valence-electron chi connectivity index (χ3n) is 6.76. The van der Waals surface area contributed by atoms with E-state index < -0.39 is 11.3 Å². The zero-order chi connectivity index (χ0) is 29.5. The zero-order valence-electron chi connectivity index (χ0n) is 23.2. The van der Waals surface area contributed by atoms with Crippen LogP contribution < -0.4 is 10.1 Å². The van der Waals surface area contributed by atoms with Crippen molar-refractivity contribution in [1.82, 2.24) is 9.88 Å². The summed E-state index contributed by atoms with van der Waals surface area (Å²) in [6.07, 6.45) is 1.35. The van der Waals surface area contributed by atoms with Gasteiger partial charge in [0.2, 0.25) is 5.91 Å². The van der Waals surface area contributed by atoms with Crippen LogP contribution >= 0.6 is 11.8 Å². The van der Waals surface area contributed by atoms with Crippen molar-refractivity contribution in [2.45, 2.75) is 11.9 Å². The van der Waals surface area contributed by atoms with Crippen LogP contribution in [0.4, 0.5) is 5.82 Å². The molecule has 1 aliphatic rings. The van der Waals surface area contributed by atoms with Gasteiger partial charge in [-0.1, -0.05) is 72.8 Å². The number of hydrogen-bond donors (Lipinski definition) is 1. The van der Waals surface area contributed by atoms with Crippen molar-refractivity contribution in [1.29, 1.82) is 0 Å². The predicted octanol–water partition coefficient (Wildman–Crippen LogP) is 5.53. The van der Waals surface area contributed by atoms with Gasteiger partial charge in [-0.15, -0.1) is 11.8 Å². The second-order valence-electron chi connectivity index (χ2n) is 9.44. The Morgan fingerprint density at radius 3 is 2.14 bits per heavy atom. The van der Waals surface area contributed by atoms with Crippen molar-refractivity contribution in [2.75, 3.05) is 25.3 Å². The highest BCUT2D eigenvalue weighted by Gasteiger charge is 2.40. The summed E-state index contributed by atoms with van der Waals surface area (Å²) in [5.41, 5.74) is 4.45. The monoisotopic (exact) mass is 579 g/mol. The van der Waals surface area contributed by atoms with Gasteiger partial charge in [-0.05, 0) is 41.0 Å². The van der Waals surface area contributed by atoms with E-state index in [-0.39, 0.29) is 23.1 Å². The Labute approximate surface area is 248 Å². The Morgan fingerprint density at radius 1 is 0.881 bits per heavy atom. The maximum absolute atomic E-state index is 14.2. The van der Waals surface area contributed by atoms with Crippen molar-refractivity contribution >= 4 is 46.5 Å². The summed E-state index contributed by atoms with van der Waals surface area (Å²) in [6.45, 7) is 0.353. The fourth-order valence-corrected chi connectivity index (χ4v) is 5.88. The first-order valence-corrected chi connectivity index (χ1v) is 14.3. The number of carbonyl (C=O) groups excluding carboxylic acids is 3. The Hall–Kier alpha value is -4.89. The zero-order valence-corrected chi connectivity index (χ0v) is 24.0. The number of nitrogens with zero attached hydrogens (tertiary/aromatic N) is 2. The molecule has 0 spiro atoms. The molecule has 4 aromatic rings. The smallest absolute Gasteiger partial charge is 0.339 e. The largest absolute Gasteiger partial charge is 0.497 e. The first-order chi connectivity index (χ1) is 20.5. The summed E-state index contributed by atoms with van der Waals surface area (Å²) in [5, 5.41) is 2.35. The SMILES string of the molecule is COC(=O)c1ccc(NC(=O)CSC2C(c3ccccc3)=C(c3ccccc3)C(=O)N2Cc2ccc(OC)cc2)nc1. The van der Waals surface area contributed by atoms with Gasteiger partial charge in [0.1, 0.15) is 16.9 Å². The molecule has 5 rings (SSSR count). The molecule has 0 aliphatic carbocycles. The normalized spacial score (nSPS) is 14.6. The molecule has 0 radical (unpaired) electrons. The van der Waals surface area contributed by atoms with Gasteiger partial charge in [0, 0.05) is 18.3 Å². The van der Waals surface area contributed by atoms with Crippen LogP contribution in [0.2, 0.25) is 0 Å². The van der Waals surface area contributed by atoms with E-state index in [9.17, 15) is 14.4 Å². The molecule has 1 N–H and O–H groups in total. The Bertz CT molecular complexity index is 1590. The number of pyridine rings is 1. The van der Waals surface area contributed by atoms with Gasteiger partial charge in [-0.3, -0.25) is 9.59 Å². The molecule has 3 aromatic carbocycles. The molecule has 0 fully saturated rings. The average molecular weight is 580 g/mol. The van der Waals surface area contributed by atoms with E-state index >= 15 is 0 Å². The predicted molar refractivity (Wildman–Crippen MR) is 164 cm³/mol. The molecule has 8 nitrogen and oxygen atoms in total. The molecule has 0 saturated carbocycles. The molecular formula is C33H29N3O5S. The van der Waals surface area contributed by atoms with Crippen molar-refractivity contribution in [2.24, 2.45) is 0 Å². The van der Waals surface area contributed by atoms with Crippen molar-refractivity contribution < 1.29 is 23.9 Å². The van der Waals surface area contributed by atoms with Crippen LogP contribution in [0.1, 0.15) is 27.0 Å². The van der Waals surface area contributed by atoms with Crippen LogP contribution in [0.25, 0.3) is 11.1 Å². The summed E-state index contributed by atoms with van der Waals surface area (Å²) in [7, 11) is 2.91. The van der Waals surface area contributed by atoms with Crippen LogP contribution in [0, 0.1) is 0 Å². The fraction of sp³-hybridized carbons (Fsp3) is 0.152. The highest BCUT2D eigenvalue weighted by molar-refractivity contribution is 8.01. The number of amides is 2. The number of methoxy groups -OCH3 is 2. The van der Waals surface area contributed by atoms with Gasteiger partial charge in [0.15, 0.2) is 0 Å². The first kappa shape index (κ1) is 28.6. The summed E-state index contributed by atoms with van der Waals surface area (Å²) < 4.78 is 10.0. The maximum Gasteiger partial charge on any atom is 0.339 e. The summed E-state index contributed by atoms with van der Waals surface area (Å²) in [4.78, 5) is 44.9. The molecular weight excluding hydrogens is 550 g/mol. The molecule has 1 unspecified atom stereocenters. The number of ether oxygens (including phenoxy) is 2. The fourth-order valence-electron chi connectivity index (χ4n) is 4.73. The second kappa shape index (κ2) is 13.2. The highest BCUT2D eigenvalue weighted by Crippen LogP contribution is 2.44. The minimum atomic E-state index is -0.506. The van der Waals surface area contributed by atoms with Crippen LogP contribution in [-0.4, -0.2) is 53.0 Å². The first-order valence-electron chi connectivity index (χ1n) is 13.2. The molecule has 1 aromatic heterocycles. The van der Waals surface area contributed by atoms with Crippen LogP contribution in [0.3, 0.4) is 0 Å². The molecule has 1 atom stereocenters. The van der Waals surface area contributed by atoms with Gasteiger partial charge in [0.25, 0.3) is 5.91 Å². The van der Waals surface area contributed by atoms with Crippen molar-refractivity contribution in [3.63, 3.8) is 0 Å². The molecule has 1 aliphatic heterocycles. The summed E-state index contributed by atoms with van der Waals surface area (Å²) in [5.74, 6) is 0.221. The average Bonchev–Trinajstić information content (AvgIpc) is 3.31. The van der Waals surface area contributed by atoms with Crippen LogP contribution in [0.5, 0.6) is 5.75 Å². The number of rotatable bonds is 10. The third kappa shape index (κ3) is 6.37. The molecule has 0 saturated heterocycles. The van der Waals surface area contributed by atoms with Gasteiger partial charge >= 0.3 is 5.97 Å². The standard InChI is InChI=1S/C33H29N3O5S/c1-40-26-16-13-22(14-17-26)20-36-31(38)29(23-9-5-3-6-10-23)30(24-11-7-4-8-12-24)32(36)42-21-28(37)35-27-18-15-25(19-34-27)33(39)41-2/h3-19,32H,20-21H2,1-2H3,(H,34,35,37). The molecule has 42 heavy (non-hydrogen) atoms. The Kier molecular flexibility index (Phi) is 8.99. The van der Waals surface area contributed by atoms with Gasteiger partial charge in [0.05, 0.1) is 31.1 Å². The van der Waals surface area contributed by atoms with E-state index in [1.807, 2.05) is 89.8 Å². The quantitative estimate of drug-likeness (QED) is 0.247. The maximum atomic E-state index is 14.2. The number of anilines is 1. The molecule has 2 heterocycles. The lowest BCUT2D eigenvalue weighted by Crippen LogP contribution is -2.34. The lowest BCUT2D eigenvalue weighted by molar-refractivity contribution is -0.124. The van der Waals surface area contributed by atoms with Gasteiger partial charge in [-0.2, -0.15) is 0 Å². The molecule has 0 bridgehead atoms. The van der Waals surface area contributed by atoms with Gasteiger partial charge in [-0.25, -0.2) is 9.78 Å². The lowest BCUT2D eigenvalue weighted by Gasteiger charge is -2.27. The van der Waals surface area contributed by atoms with Gasteiger partial charge < -0.3 is 19.7 Å². The Morgan fingerprint density at radius 2 is 1.55 bits per heavy atom. The number of aromatic nitrogens is 1. The van der Waals surface area contributed by atoms with E-state index in [4.69, 9.17) is 9.47 Å². The number of hydrogen-bond acceptors (Lipinski definition) is 7. The summed E-state index contributed by atoms with van der Waals surface area (Å²) in [6, 6.07) is 30.1.